The van der Waals surface area contributed by atoms with E-state index >= 15 is 0 Å². The zero-order valence-electron chi connectivity index (χ0n) is 16.6. The fourth-order valence-electron chi connectivity index (χ4n) is 4.05. The number of rotatable bonds is 5. The number of nitro benzene ring substituents is 1. The third-order valence-electron chi connectivity index (χ3n) is 5.61. The van der Waals surface area contributed by atoms with Crippen molar-refractivity contribution in [2.24, 2.45) is 0 Å². The maximum atomic E-state index is 13.0. The van der Waals surface area contributed by atoms with E-state index in [4.69, 9.17) is 0 Å². The molecular formula is C21H26ClN5O3. The van der Waals surface area contributed by atoms with Crippen LogP contribution in [0.15, 0.2) is 48.5 Å². The number of carbonyl (C=O) groups is 1. The van der Waals surface area contributed by atoms with Crippen LogP contribution in [0, 0.1) is 10.1 Å². The molecule has 2 heterocycles. The minimum absolute atomic E-state index is 0. The van der Waals surface area contributed by atoms with Gasteiger partial charge < -0.3 is 15.5 Å². The third-order valence-corrected chi connectivity index (χ3v) is 5.61. The van der Waals surface area contributed by atoms with E-state index < -0.39 is 4.92 Å². The standard InChI is InChI=1S/C21H25N5O3.ClH/c27-21(25-11-8-18(15-25)24-12-9-22-10-13-24)16-6-7-19(20(14-16)26(28)29)23-17-4-2-1-3-5-17;/h1-7,14,18,22-23H,8-13,15H2;1H. The first-order chi connectivity index (χ1) is 14.1. The Morgan fingerprint density at radius 2 is 1.83 bits per heavy atom. The summed E-state index contributed by atoms with van der Waals surface area (Å²) in [6.07, 6.45) is 0.946. The van der Waals surface area contributed by atoms with Crippen molar-refractivity contribution in [2.75, 3.05) is 44.6 Å². The SMILES string of the molecule is Cl.O=C(c1ccc(Nc2ccccc2)c([N+](=O)[O-])c1)N1CCC(N2CCNCC2)C1. The molecule has 0 radical (unpaired) electrons. The van der Waals surface area contributed by atoms with Gasteiger partial charge in [0, 0.05) is 62.6 Å². The maximum absolute atomic E-state index is 13.0. The number of amides is 1. The van der Waals surface area contributed by atoms with Crippen LogP contribution in [-0.4, -0.2) is 65.9 Å². The molecule has 4 rings (SSSR count). The number of benzene rings is 2. The Bertz CT molecular complexity index is 889. The van der Waals surface area contributed by atoms with Gasteiger partial charge in [0.2, 0.25) is 0 Å². The van der Waals surface area contributed by atoms with Crippen molar-refractivity contribution < 1.29 is 9.72 Å². The van der Waals surface area contributed by atoms with Crippen LogP contribution in [0.5, 0.6) is 0 Å². The number of hydrogen-bond donors (Lipinski definition) is 2. The summed E-state index contributed by atoms with van der Waals surface area (Å²) in [5.41, 5.74) is 1.39. The molecule has 0 saturated carbocycles. The van der Waals surface area contributed by atoms with Crippen molar-refractivity contribution in [1.82, 2.24) is 15.1 Å². The lowest BCUT2D eigenvalue weighted by Crippen LogP contribution is -2.49. The maximum Gasteiger partial charge on any atom is 0.293 e. The lowest BCUT2D eigenvalue weighted by atomic mass is 10.1. The average Bonchev–Trinajstić information content (AvgIpc) is 3.25. The second-order valence-corrected chi connectivity index (χ2v) is 7.46. The van der Waals surface area contributed by atoms with Gasteiger partial charge in [-0.15, -0.1) is 12.4 Å². The van der Waals surface area contributed by atoms with Gasteiger partial charge in [-0.2, -0.15) is 0 Å². The van der Waals surface area contributed by atoms with Gasteiger partial charge in [0.15, 0.2) is 0 Å². The van der Waals surface area contributed by atoms with Crippen molar-refractivity contribution in [2.45, 2.75) is 12.5 Å². The first-order valence-electron chi connectivity index (χ1n) is 9.96. The van der Waals surface area contributed by atoms with Gasteiger partial charge in [0.1, 0.15) is 5.69 Å². The molecule has 9 heteroatoms. The number of hydrogen-bond acceptors (Lipinski definition) is 6. The lowest BCUT2D eigenvalue weighted by Gasteiger charge is -2.32. The molecular weight excluding hydrogens is 406 g/mol. The highest BCUT2D eigenvalue weighted by molar-refractivity contribution is 5.96. The smallest absolute Gasteiger partial charge is 0.293 e. The molecule has 1 unspecified atom stereocenters. The molecule has 1 amide bonds. The Morgan fingerprint density at radius 3 is 2.53 bits per heavy atom. The number of anilines is 2. The summed E-state index contributed by atoms with van der Waals surface area (Å²) < 4.78 is 0. The normalized spacial score (nSPS) is 19.2. The zero-order chi connectivity index (χ0) is 20.2. The zero-order valence-corrected chi connectivity index (χ0v) is 17.4. The largest absolute Gasteiger partial charge is 0.350 e. The van der Waals surface area contributed by atoms with Crippen LogP contribution in [0.1, 0.15) is 16.8 Å². The monoisotopic (exact) mass is 431 g/mol. The fourth-order valence-corrected chi connectivity index (χ4v) is 4.05. The number of nitro groups is 1. The number of carbonyl (C=O) groups excluding carboxylic acids is 1. The first-order valence-corrected chi connectivity index (χ1v) is 9.96. The van der Waals surface area contributed by atoms with Gasteiger partial charge >= 0.3 is 0 Å². The molecule has 2 saturated heterocycles. The van der Waals surface area contributed by atoms with E-state index in [1.807, 2.05) is 35.2 Å². The van der Waals surface area contributed by atoms with Crippen LogP contribution in [0.3, 0.4) is 0 Å². The Balaban J connectivity index is 0.00000256. The van der Waals surface area contributed by atoms with Gasteiger partial charge in [0.25, 0.3) is 11.6 Å². The van der Waals surface area contributed by atoms with Gasteiger partial charge in [-0.3, -0.25) is 19.8 Å². The summed E-state index contributed by atoms with van der Waals surface area (Å²) in [6.45, 7) is 5.32. The highest BCUT2D eigenvalue weighted by Gasteiger charge is 2.32. The molecule has 1 atom stereocenters. The summed E-state index contributed by atoms with van der Waals surface area (Å²) in [6, 6.07) is 14.3. The summed E-state index contributed by atoms with van der Waals surface area (Å²) in [7, 11) is 0. The summed E-state index contributed by atoms with van der Waals surface area (Å²) in [5.74, 6) is -0.142. The number of nitrogens with one attached hydrogen (secondary N) is 2. The van der Waals surface area contributed by atoms with E-state index in [1.165, 1.54) is 6.07 Å². The predicted molar refractivity (Wildman–Crippen MR) is 119 cm³/mol. The second-order valence-electron chi connectivity index (χ2n) is 7.46. The molecule has 2 aliphatic heterocycles. The molecule has 0 bridgehead atoms. The highest BCUT2D eigenvalue weighted by atomic mass is 35.5. The van der Waals surface area contributed by atoms with Gasteiger partial charge in [-0.05, 0) is 30.7 Å². The van der Waals surface area contributed by atoms with Gasteiger partial charge in [-0.25, -0.2) is 0 Å². The van der Waals surface area contributed by atoms with Gasteiger partial charge in [-0.1, -0.05) is 18.2 Å². The van der Waals surface area contributed by atoms with E-state index in [2.05, 4.69) is 15.5 Å². The molecule has 2 aromatic carbocycles. The van der Waals surface area contributed by atoms with Crippen molar-refractivity contribution >= 4 is 35.4 Å². The number of likely N-dealkylation sites (tertiary alicyclic amines) is 1. The Kier molecular flexibility index (Phi) is 7.25. The summed E-state index contributed by atoms with van der Waals surface area (Å²) in [5, 5.41) is 18.0. The summed E-state index contributed by atoms with van der Waals surface area (Å²) in [4.78, 5) is 28.4. The van der Waals surface area contributed by atoms with Crippen LogP contribution in [0.4, 0.5) is 17.1 Å². The minimum atomic E-state index is -0.449. The van der Waals surface area contributed by atoms with Crippen LogP contribution < -0.4 is 10.6 Å². The van der Waals surface area contributed by atoms with E-state index in [-0.39, 0.29) is 24.0 Å². The average molecular weight is 432 g/mol. The molecule has 30 heavy (non-hydrogen) atoms. The number of halogens is 1. The number of nitrogens with zero attached hydrogens (tertiary/aromatic N) is 3. The molecule has 0 aromatic heterocycles. The molecule has 160 valence electrons. The van der Waals surface area contributed by atoms with E-state index in [0.717, 1.165) is 38.3 Å². The Labute approximate surface area is 181 Å². The Morgan fingerprint density at radius 1 is 1.10 bits per heavy atom. The highest BCUT2D eigenvalue weighted by Crippen LogP contribution is 2.29. The first kappa shape index (κ1) is 22.0. The van der Waals surface area contributed by atoms with Crippen molar-refractivity contribution in [1.29, 1.82) is 0 Å². The van der Waals surface area contributed by atoms with E-state index in [0.29, 0.717) is 30.4 Å². The molecule has 0 aliphatic carbocycles. The predicted octanol–water partition coefficient (Wildman–Crippen LogP) is 2.88. The van der Waals surface area contributed by atoms with Crippen LogP contribution >= 0.6 is 12.4 Å². The van der Waals surface area contributed by atoms with Crippen LogP contribution in [-0.2, 0) is 0 Å². The molecule has 0 spiro atoms. The van der Waals surface area contributed by atoms with E-state index in [9.17, 15) is 14.9 Å². The fraction of sp³-hybridized carbons (Fsp3) is 0.381. The molecule has 2 N–H and O–H groups in total. The third kappa shape index (κ3) is 4.89. The summed E-state index contributed by atoms with van der Waals surface area (Å²) >= 11 is 0. The lowest BCUT2D eigenvalue weighted by molar-refractivity contribution is -0.383. The molecule has 2 aromatic rings. The Hall–Kier alpha value is -2.68. The number of para-hydroxylation sites is 1. The van der Waals surface area contributed by atoms with E-state index in [1.54, 1.807) is 12.1 Å². The molecule has 2 aliphatic rings. The quantitative estimate of drug-likeness (QED) is 0.558. The van der Waals surface area contributed by atoms with Crippen molar-refractivity contribution in [3.05, 3.63) is 64.2 Å². The van der Waals surface area contributed by atoms with Gasteiger partial charge in [0.05, 0.1) is 4.92 Å². The van der Waals surface area contributed by atoms with Crippen LogP contribution in [0.25, 0.3) is 0 Å². The van der Waals surface area contributed by atoms with Crippen molar-refractivity contribution in [3.63, 3.8) is 0 Å². The second kappa shape index (κ2) is 9.88. The molecule has 8 nitrogen and oxygen atoms in total. The minimum Gasteiger partial charge on any atom is -0.350 e. The molecule has 2 fully saturated rings. The topological polar surface area (TPSA) is 90.7 Å². The van der Waals surface area contributed by atoms with Crippen LogP contribution in [0.2, 0.25) is 0 Å². The number of piperazine rings is 1. The van der Waals surface area contributed by atoms with Crippen molar-refractivity contribution in [3.8, 4) is 0 Å².